The zero-order valence-corrected chi connectivity index (χ0v) is 18.0. The Morgan fingerprint density at radius 1 is 1.23 bits per heavy atom. The molecule has 164 valence electrons. The van der Waals surface area contributed by atoms with Gasteiger partial charge in [0.25, 0.3) is 0 Å². The molecule has 0 saturated carbocycles. The van der Waals surface area contributed by atoms with Gasteiger partial charge in [0.1, 0.15) is 5.25 Å². The van der Waals surface area contributed by atoms with Crippen LogP contribution in [0.3, 0.4) is 0 Å². The van der Waals surface area contributed by atoms with Gasteiger partial charge in [0.05, 0.1) is 11.3 Å². The summed E-state index contributed by atoms with van der Waals surface area (Å²) in [6, 6.07) is 11.8. The number of carbonyl (C=O) groups excluding carboxylic acids is 2. The third kappa shape index (κ3) is 6.01. The molecule has 0 aliphatic carbocycles. The van der Waals surface area contributed by atoms with E-state index in [1.54, 1.807) is 12.1 Å². The van der Waals surface area contributed by atoms with Crippen LogP contribution in [0.1, 0.15) is 17.5 Å². The third-order valence-corrected chi connectivity index (χ3v) is 6.03. The fraction of sp³-hybridized carbons (Fsp3) is 0.286. The van der Waals surface area contributed by atoms with Crippen molar-refractivity contribution in [3.63, 3.8) is 0 Å². The van der Waals surface area contributed by atoms with Crippen molar-refractivity contribution in [1.29, 1.82) is 0 Å². The van der Waals surface area contributed by atoms with E-state index in [9.17, 15) is 22.8 Å². The van der Waals surface area contributed by atoms with Crippen LogP contribution >= 0.6 is 23.4 Å². The van der Waals surface area contributed by atoms with Crippen LogP contribution < -0.4 is 5.32 Å². The molecule has 5 nitrogen and oxygen atoms in total. The number of alkyl halides is 3. The van der Waals surface area contributed by atoms with Gasteiger partial charge in [0, 0.05) is 25.0 Å². The maximum absolute atomic E-state index is 13.0. The summed E-state index contributed by atoms with van der Waals surface area (Å²) < 4.78 is 39.1. The first kappa shape index (κ1) is 23.1. The number of halogens is 4. The smallest absolute Gasteiger partial charge is 0.359 e. The highest BCUT2D eigenvalue weighted by molar-refractivity contribution is 8.15. The van der Waals surface area contributed by atoms with Crippen LogP contribution in [0.25, 0.3) is 0 Å². The number of thioether (sulfide) groups is 1. The van der Waals surface area contributed by atoms with Crippen LogP contribution in [-0.4, -0.2) is 40.7 Å². The first-order valence-corrected chi connectivity index (χ1v) is 10.6. The Morgan fingerprint density at radius 2 is 1.94 bits per heavy atom. The molecule has 1 fully saturated rings. The van der Waals surface area contributed by atoms with Crippen molar-refractivity contribution < 1.29 is 22.8 Å². The topological polar surface area (TPSA) is 61.8 Å². The van der Waals surface area contributed by atoms with Gasteiger partial charge in [-0.05, 0) is 42.3 Å². The highest BCUT2D eigenvalue weighted by atomic mass is 35.5. The first-order valence-electron chi connectivity index (χ1n) is 9.36. The average Bonchev–Trinajstić information content (AvgIpc) is 3.01. The minimum absolute atomic E-state index is 0.0426. The van der Waals surface area contributed by atoms with E-state index in [0.717, 1.165) is 29.5 Å². The van der Waals surface area contributed by atoms with Crippen molar-refractivity contribution >= 4 is 46.0 Å². The highest BCUT2D eigenvalue weighted by Gasteiger charge is 2.39. The Labute approximate surface area is 186 Å². The van der Waals surface area contributed by atoms with E-state index in [2.05, 4.69) is 10.3 Å². The van der Waals surface area contributed by atoms with E-state index in [1.807, 2.05) is 12.1 Å². The Kier molecular flexibility index (Phi) is 7.27. The molecule has 0 aromatic heterocycles. The number of hydrogen-bond acceptors (Lipinski definition) is 4. The van der Waals surface area contributed by atoms with Crippen LogP contribution in [0.15, 0.2) is 53.5 Å². The van der Waals surface area contributed by atoms with E-state index in [-0.39, 0.29) is 35.6 Å². The lowest BCUT2D eigenvalue weighted by Gasteiger charge is -2.17. The summed E-state index contributed by atoms with van der Waals surface area (Å²) in [5.74, 6) is -0.600. The molecule has 1 N–H and O–H groups in total. The van der Waals surface area contributed by atoms with Gasteiger partial charge in [-0.2, -0.15) is 13.2 Å². The van der Waals surface area contributed by atoms with Crippen LogP contribution in [0, 0.1) is 0 Å². The summed E-state index contributed by atoms with van der Waals surface area (Å²) in [7, 11) is 1.47. The molecule has 2 amide bonds. The second kappa shape index (κ2) is 9.74. The number of hydrogen-bond donors (Lipinski definition) is 1. The molecule has 1 saturated heterocycles. The zero-order valence-electron chi connectivity index (χ0n) is 16.4. The first-order chi connectivity index (χ1) is 14.7. The number of nitrogens with one attached hydrogen (secondary N) is 1. The summed E-state index contributed by atoms with van der Waals surface area (Å²) in [6.07, 6.45) is -4.04. The van der Waals surface area contributed by atoms with Crippen molar-refractivity contribution in [2.75, 3.05) is 13.6 Å². The van der Waals surface area contributed by atoms with Gasteiger partial charge in [-0.25, -0.2) is 4.99 Å². The summed E-state index contributed by atoms with van der Waals surface area (Å²) >= 11 is 6.98. The lowest BCUT2D eigenvalue weighted by atomic mass is 10.1. The minimum Gasteiger partial charge on any atom is -0.359 e. The molecule has 2 aromatic carbocycles. The predicted molar refractivity (Wildman–Crippen MR) is 115 cm³/mol. The lowest BCUT2D eigenvalue weighted by molar-refractivity contribution is -0.137. The van der Waals surface area contributed by atoms with Gasteiger partial charge >= 0.3 is 6.18 Å². The number of nitrogens with zero attached hydrogens (tertiary/aromatic N) is 2. The molecule has 1 heterocycles. The maximum Gasteiger partial charge on any atom is 0.416 e. The number of rotatable bonds is 6. The molecule has 3 rings (SSSR count). The van der Waals surface area contributed by atoms with E-state index in [1.165, 1.54) is 24.1 Å². The normalized spacial score (nSPS) is 18.0. The molecule has 1 aliphatic heterocycles. The number of amides is 2. The van der Waals surface area contributed by atoms with Gasteiger partial charge in [-0.1, -0.05) is 41.6 Å². The minimum atomic E-state index is -4.50. The third-order valence-electron chi connectivity index (χ3n) is 4.61. The molecule has 1 aliphatic rings. The summed E-state index contributed by atoms with van der Waals surface area (Å²) in [4.78, 5) is 30.4. The van der Waals surface area contributed by atoms with E-state index in [0.29, 0.717) is 11.4 Å². The lowest BCUT2D eigenvalue weighted by Crippen LogP contribution is -2.35. The van der Waals surface area contributed by atoms with Gasteiger partial charge < -0.3 is 5.32 Å². The van der Waals surface area contributed by atoms with Gasteiger partial charge in [0.15, 0.2) is 5.17 Å². The quantitative estimate of drug-likeness (QED) is 0.668. The molecule has 0 unspecified atom stereocenters. The molecule has 31 heavy (non-hydrogen) atoms. The van der Waals surface area contributed by atoms with Crippen molar-refractivity contribution in [3.05, 3.63) is 64.7 Å². The molecule has 2 aromatic rings. The van der Waals surface area contributed by atoms with Crippen molar-refractivity contribution in [2.24, 2.45) is 4.99 Å². The molecule has 1 atom stereocenters. The van der Waals surface area contributed by atoms with Crippen LogP contribution in [0.4, 0.5) is 18.9 Å². The highest BCUT2D eigenvalue weighted by Crippen LogP contribution is 2.34. The number of amidine groups is 1. The van der Waals surface area contributed by atoms with Gasteiger partial charge in [0.2, 0.25) is 11.8 Å². The van der Waals surface area contributed by atoms with E-state index >= 15 is 0 Å². The average molecular weight is 470 g/mol. The predicted octanol–water partition coefficient (Wildman–Crippen LogP) is 4.67. The molecule has 0 bridgehead atoms. The second-order valence-electron chi connectivity index (χ2n) is 6.79. The Balaban J connectivity index is 1.86. The molecular weight excluding hydrogens is 451 g/mol. The number of benzene rings is 2. The molecule has 10 heteroatoms. The Morgan fingerprint density at radius 3 is 2.58 bits per heavy atom. The van der Waals surface area contributed by atoms with Crippen LogP contribution in [0.2, 0.25) is 5.02 Å². The largest absolute Gasteiger partial charge is 0.416 e. The van der Waals surface area contributed by atoms with Crippen molar-refractivity contribution in [1.82, 2.24) is 10.2 Å². The van der Waals surface area contributed by atoms with Gasteiger partial charge in [-0.15, -0.1) is 0 Å². The molecule has 0 spiro atoms. The van der Waals surface area contributed by atoms with Crippen LogP contribution in [0.5, 0.6) is 0 Å². The maximum atomic E-state index is 13.0. The van der Waals surface area contributed by atoms with Crippen molar-refractivity contribution in [3.8, 4) is 0 Å². The van der Waals surface area contributed by atoms with Crippen LogP contribution in [-0.2, 0) is 22.2 Å². The number of carbonyl (C=O) groups is 2. The van der Waals surface area contributed by atoms with E-state index in [4.69, 9.17) is 11.6 Å². The SMILES string of the molecule is CNC(=O)C[C@@H]1SC(=Nc2cccc(C(F)(F)F)c2)N(CCc2ccc(Cl)cc2)C1=O. The monoisotopic (exact) mass is 469 g/mol. The Bertz CT molecular complexity index is 996. The fourth-order valence-electron chi connectivity index (χ4n) is 2.96. The summed E-state index contributed by atoms with van der Waals surface area (Å²) in [6.45, 7) is 0.273. The zero-order chi connectivity index (χ0) is 22.6. The molecule has 0 radical (unpaired) electrons. The van der Waals surface area contributed by atoms with Gasteiger partial charge in [-0.3, -0.25) is 14.5 Å². The standard InChI is InChI=1S/C21H19ClF3N3O2S/c1-26-18(29)12-17-19(30)28(10-9-13-5-7-15(22)8-6-13)20(31-17)27-16-4-2-3-14(11-16)21(23,24)25/h2-8,11,17H,9-10,12H2,1H3,(H,26,29)/t17-/m0/s1. The fourth-order valence-corrected chi connectivity index (χ4v) is 4.27. The molecular formula is C21H19ClF3N3O2S. The number of aliphatic imine (C=N–C) groups is 1. The van der Waals surface area contributed by atoms with E-state index < -0.39 is 17.0 Å². The summed E-state index contributed by atoms with van der Waals surface area (Å²) in [5, 5.41) is 2.66. The second-order valence-corrected chi connectivity index (χ2v) is 8.40. The van der Waals surface area contributed by atoms with Crippen molar-refractivity contribution in [2.45, 2.75) is 24.3 Å². The Hall–Kier alpha value is -2.52. The summed E-state index contributed by atoms with van der Waals surface area (Å²) in [5.41, 5.74) is 0.205.